The van der Waals surface area contributed by atoms with Crippen molar-refractivity contribution in [1.82, 2.24) is 20.2 Å². The number of anilines is 1. The molecule has 0 spiro atoms. The number of rotatable bonds is 6. The van der Waals surface area contributed by atoms with Crippen LogP contribution in [0.2, 0.25) is 0 Å². The number of nitrogens with one attached hydrogen (secondary N) is 2. The summed E-state index contributed by atoms with van der Waals surface area (Å²) >= 11 is 0. The van der Waals surface area contributed by atoms with Crippen molar-refractivity contribution in [2.24, 2.45) is 5.92 Å². The molecular weight excluding hydrogens is 446 g/mol. The van der Waals surface area contributed by atoms with Gasteiger partial charge in [0.2, 0.25) is 0 Å². The monoisotopic (exact) mass is 489 g/mol. The number of hydrogen-bond acceptors (Lipinski definition) is 5. The summed E-state index contributed by atoms with van der Waals surface area (Å²) in [7, 11) is 0. The maximum absolute atomic E-state index is 6.64. The Bertz CT molecular complexity index is 1170. The Morgan fingerprint density at radius 1 is 1.00 bits per heavy atom. The number of nitrogens with zero attached hydrogens (tertiary/aromatic N) is 3. The van der Waals surface area contributed by atoms with Gasteiger partial charge < -0.3 is 24.8 Å². The van der Waals surface area contributed by atoms with E-state index in [2.05, 4.69) is 98.2 Å². The standard InChI is InChI=1S/C30H43N5O/c1-21(2)35-12-9-25-26(35)15-24(23-7-8-28(32-19-23)34-13-10-31-11-14-34)16-27(25)36-20-22-17-29(3,4)33-30(5,6)18-22/h7-9,12,15-16,19,21-22,31,33H,10-11,13-14,17-18,20H2,1-6H3. The summed E-state index contributed by atoms with van der Waals surface area (Å²) < 4.78 is 8.98. The third-order valence-corrected chi connectivity index (χ3v) is 7.63. The quantitative estimate of drug-likeness (QED) is 0.470. The number of piperidine rings is 1. The smallest absolute Gasteiger partial charge is 0.129 e. The molecule has 194 valence electrons. The molecule has 2 aromatic heterocycles. The zero-order valence-corrected chi connectivity index (χ0v) is 22.9. The zero-order valence-electron chi connectivity index (χ0n) is 22.9. The fourth-order valence-corrected chi connectivity index (χ4v) is 6.46. The highest BCUT2D eigenvalue weighted by Gasteiger charge is 2.37. The van der Waals surface area contributed by atoms with Gasteiger partial charge in [0.15, 0.2) is 0 Å². The van der Waals surface area contributed by atoms with Crippen LogP contribution in [0, 0.1) is 5.92 Å². The van der Waals surface area contributed by atoms with E-state index in [9.17, 15) is 0 Å². The third-order valence-electron chi connectivity index (χ3n) is 7.63. The molecule has 0 amide bonds. The molecule has 0 aliphatic carbocycles. The fraction of sp³-hybridized carbons (Fsp3) is 0.567. The molecule has 3 aromatic rings. The van der Waals surface area contributed by atoms with E-state index < -0.39 is 0 Å². The molecule has 6 nitrogen and oxygen atoms in total. The second kappa shape index (κ2) is 9.71. The van der Waals surface area contributed by atoms with Gasteiger partial charge in [-0.15, -0.1) is 0 Å². The van der Waals surface area contributed by atoms with Crippen LogP contribution < -0.4 is 20.3 Å². The number of ether oxygens (including phenoxy) is 1. The second-order valence-corrected chi connectivity index (χ2v) is 12.3. The molecule has 4 heterocycles. The van der Waals surface area contributed by atoms with Crippen LogP contribution in [0.25, 0.3) is 22.0 Å². The molecule has 1 aromatic carbocycles. The predicted molar refractivity (Wildman–Crippen MR) is 150 cm³/mol. The van der Waals surface area contributed by atoms with E-state index >= 15 is 0 Å². The van der Waals surface area contributed by atoms with E-state index in [1.165, 1.54) is 10.9 Å². The average Bonchev–Trinajstić information content (AvgIpc) is 3.26. The Morgan fingerprint density at radius 2 is 1.72 bits per heavy atom. The number of fused-ring (bicyclic) bond motifs is 1. The molecule has 5 rings (SSSR count). The molecule has 36 heavy (non-hydrogen) atoms. The molecule has 2 aliphatic heterocycles. The topological polar surface area (TPSA) is 54.4 Å². The van der Waals surface area contributed by atoms with E-state index in [4.69, 9.17) is 9.72 Å². The lowest BCUT2D eigenvalue weighted by Gasteiger charge is -2.46. The van der Waals surface area contributed by atoms with E-state index in [0.717, 1.165) is 68.3 Å². The molecule has 0 atom stereocenters. The maximum atomic E-state index is 6.64. The van der Waals surface area contributed by atoms with Crippen LogP contribution in [-0.2, 0) is 0 Å². The van der Waals surface area contributed by atoms with Crippen LogP contribution >= 0.6 is 0 Å². The summed E-state index contributed by atoms with van der Waals surface area (Å²) in [6.45, 7) is 18.4. The van der Waals surface area contributed by atoms with Gasteiger partial charge in [-0.3, -0.25) is 0 Å². The van der Waals surface area contributed by atoms with E-state index in [-0.39, 0.29) is 11.1 Å². The van der Waals surface area contributed by atoms with Crippen LogP contribution in [0.3, 0.4) is 0 Å². The lowest BCUT2D eigenvalue weighted by atomic mass is 9.76. The van der Waals surface area contributed by atoms with E-state index in [1.807, 2.05) is 6.20 Å². The van der Waals surface area contributed by atoms with Crippen molar-refractivity contribution in [3.63, 3.8) is 0 Å². The second-order valence-electron chi connectivity index (χ2n) is 12.3. The van der Waals surface area contributed by atoms with Gasteiger partial charge in [0.1, 0.15) is 11.6 Å². The van der Waals surface area contributed by atoms with Crippen LogP contribution in [0.15, 0.2) is 42.7 Å². The summed E-state index contributed by atoms with van der Waals surface area (Å²) in [5.74, 6) is 2.55. The van der Waals surface area contributed by atoms with Gasteiger partial charge in [0.05, 0.1) is 12.1 Å². The first-order valence-electron chi connectivity index (χ1n) is 13.6. The molecule has 0 unspecified atom stereocenters. The highest BCUT2D eigenvalue weighted by molar-refractivity contribution is 5.91. The van der Waals surface area contributed by atoms with Gasteiger partial charge in [-0.25, -0.2) is 4.98 Å². The molecule has 0 radical (unpaired) electrons. The lowest BCUT2D eigenvalue weighted by Crippen LogP contribution is -2.58. The van der Waals surface area contributed by atoms with Crippen molar-refractivity contribution in [1.29, 1.82) is 0 Å². The number of benzene rings is 1. The van der Waals surface area contributed by atoms with E-state index in [1.54, 1.807) is 0 Å². The highest BCUT2D eigenvalue weighted by atomic mass is 16.5. The molecule has 0 bridgehead atoms. The Balaban J connectivity index is 1.44. The summed E-state index contributed by atoms with van der Waals surface area (Å²) in [6.07, 6.45) is 6.44. The summed E-state index contributed by atoms with van der Waals surface area (Å²) in [5.41, 5.74) is 3.73. The predicted octanol–water partition coefficient (Wildman–Crippen LogP) is 5.63. The van der Waals surface area contributed by atoms with Crippen molar-refractivity contribution in [2.75, 3.05) is 37.7 Å². The first-order valence-corrected chi connectivity index (χ1v) is 13.6. The van der Waals surface area contributed by atoms with Gasteiger partial charge >= 0.3 is 0 Å². The van der Waals surface area contributed by atoms with Crippen LogP contribution in [0.1, 0.15) is 60.4 Å². The van der Waals surface area contributed by atoms with Gasteiger partial charge in [-0.05, 0) is 96.2 Å². The number of pyridine rings is 1. The van der Waals surface area contributed by atoms with Gasteiger partial charge in [-0.2, -0.15) is 0 Å². The Kier molecular flexibility index (Phi) is 6.77. The molecule has 2 N–H and O–H groups in total. The number of hydrogen-bond donors (Lipinski definition) is 2. The number of aromatic nitrogens is 2. The Hall–Kier alpha value is -2.57. The zero-order chi connectivity index (χ0) is 25.5. The largest absolute Gasteiger partial charge is 0.493 e. The van der Waals surface area contributed by atoms with Crippen LogP contribution in [0.5, 0.6) is 5.75 Å². The normalized spacial score (nSPS) is 20.2. The van der Waals surface area contributed by atoms with Crippen LogP contribution in [-0.4, -0.2) is 53.4 Å². The van der Waals surface area contributed by atoms with Gasteiger partial charge in [0, 0.05) is 66.6 Å². The number of piperazine rings is 1. The van der Waals surface area contributed by atoms with Crippen LogP contribution in [0.4, 0.5) is 5.82 Å². The molecule has 6 heteroatoms. The van der Waals surface area contributed by atoms with Crippen molar-refractivity contribution < 1.29 is 4.74 Å². The minimum absolute atomic E-state index is 0.117. The Morgan fingerprint density at radius 3 is 2.36 bits per heavy atom. The SMILES string of the molecule is CC(C)n1ccc2c(OCC3CC(C)(C)NC(C)(C)C3)cc(-c3ccc(N4CCNCC4)nc3)cc21. The molecule has 2 fully saturated rings. The minimum Gasteiger partial charge on any atom is -0.493 e. The molecular formula is C30H43N5O. The van der Waals surface area contributed by atoms with Crippen molar-refractivity contribution >= 4 is 16.7 Å². The summed E-state index contributed by atoms with van der Waals surface area (Å²) in [4.78, 5) is 7.18. The summed E-state index contributed by atoms with van der Waals surface area (Å²) in [6, 6.07) is 11.5. The van der Waals surface area contributed by atoms with Gasteiger partial charge in [-0.1, -0.05) is 0 Å². The van der Waals surface area contributed by atoms with Crippen molar-refractivity contribution in [3.05, 3.63) is 42.7 Å². The van der Waals surface area contributed by atoms with E-state index in [0.29, 0.717) is 12.0 Å². The molecule has 2 aliphatic rings. The molecule has 0 saturated carbocycles. The van der Waals surface area contributed by atoms with Crippen molar-refractivity contribution in [3.8, 4) is 16.9 Å². The first-order chi connectivity index (χ1) is 17.1. The average molecular weight is 490 g/mol. The highest BCUT2D eigenvalue weighted by Crippen LogP contribution is 2.37. The summed E-state index contributed by atoms with van der Waals surface area (Å²) in [5, 5.41) is 8.39. The Labute approximate surface area is 216 Å². The molecule has 2 saturated heterocycles. The van der Waals surface area contributed by atoms with Crippen molar-refractivity contribution in [2.45, 2.75) is 71.5 Å². The minimum atomic E-state index is 0.117. The lowest BCUT2D eigenvalue weighted by molar-refractivity contribution is 0.0941. The first kappa shape index (κ1) is 25.1. The van der Waals surface area contributed by atoms with Gasteiger partial charge in [0.25, 0.3) is 0 Å². The maximum Gasteiger partial charge on any atom is 0.129 e. The third kappa shape index (κ3) is 5.40. The fourth-order valence-electron chi connectivity index (χ4n) is 6.46.